The number of thioether (sulfide) groups is 1. The summed E-state index contributed by atoms with van der Waals surface area (Å²) in [5, 5.41) is 4.87. The molecule has 2 heterocycles. The summed E-state index contributed by atoms with van der Waals surface area (Å²) < 4.78 is 14.8. The van der Waals surface area contributed by atoms with Crippen molar-refractivity contribution in [1.82, 2.24) is 14.6 Å². The van der Waals surface area contributed by atoms with Crippen LogP contribution in [0.25, 0.3) is 4.96 Å². The van der Waals surface area contributed by atoms with Crippen LogP contribution in [0.5, 0.6) is 0 Å². The summed E-state index contributed by atoms with van der Waals surface area (Å²) in [6, 6.07) is 8.00. The molecule has 7 heteroatoms. The van der Waals surface area contributed by atoms with Gasteiger partial charge in [-0.3, -0.25) is 4.79 Å². The predicted molar refractivity (Wildman–Crippen MR) is 77.8 cm³/mol. The van der Waals surface area contributed by atoms with Gasteiger partial charge in [0.2, 0.25) is 4.96 Å². The molecule has 3 aromatic rings. The molecule has 20 heavy (non-hydrogen) atoms. The molecule has 1 aromatic carbocycles. The first kappa shape index (κ1) is 13.3. The largest absolute Gasteiger partial charge is 0.275 e. The zero-order chi connectivity index (χ0) is 14.1. The summed E-state index contributed by atoms with van der Waals surface area (Å²) >= 11 is 2.69. The minimum Gasteiger partial charge on any atom is -0.267 e. The number of halogens is 1. The minimum atomic E-state index is -0.260. The van der Waals surface area contributed by atoms with E-state index in [1.54, 1.807) is 18.2 Å². The number of benzene rings is 1. The molecule has 0 aliphatic rings. The topological polar surface area (TPSA) is 47.3 Å². The highest BCUT2D eigenvalue weighted by Gasteiger charge is 2.08. The van der Waals surface area contributed by atoms with Crippen LogP contribution in [0.3, 0.4) is 0 Å². The molecule has 0 aliphatic heterocycles. The van der Waals surface area contributed by atoms with Gasteiger partial charge in [0, 0.05) is 16.7 Å². The van der Waals surface area contributed by atoms with Gasteiger partial charge in [0.05, 0.1) is 5.69 Å². The maximum atomic E-state index is 13.5. The quantitative estimate of drug-likeness (QED) is 0.698. The van der Waals surface area contributed by atoms with E-state index in [2.05, 4.69) is 10.1 Å². The first-order chi connectivity index (χ1) is 9.63. The number of aryl methyl sites for hydroxylation is 1. The molecule has 0 aliphatic carbocycles. The third-order valence-electron chi connectivity index (χ3n) is 2.61. The normalized spacial score (nSPS) is 11.1. The van der Waals surface area contributed by atoms with Crippen molar-refractivity contribution in [3.05, 3.63) is 57.2 Å². The van der Waals surface area contributed by atoms with Crippen molar-refractivity contribution < 1.29 is 4.39 Å². The average Bonchev–Trinajstić information content (AvgIpc) is 2.79. The molecule has 2 aromatic heterocycles. The lowest BCUT2D eigenvalue weighted by atomic mass is 10.3. The molecular formula is C13H10FN3OS2. The Morgan fingerprint density at radius 2 is 2.20 bits per heavy atom. The van der Waals surface area contributed by atoms with Crippen LogP contribution >= 0.6 is 23.1 Å². The molecule has 0 amide bonds. The molecule has 0 bridgehead atoms. The monoisotopic (exact) mass is 307 g/mol. The second-order valence-electron chi connectivity index (χ2n) is 4.12. The van der Waals surface area contributed by atoms with E-state index < -0.39 is 0 Å². The first-order valence-corrected chi connectivity index (χ1v) is 7.67. The van der Waals surface area contributed by atoms with E-state index in [0.29, 0.717) is 21.3 Å². The summed E-state index contributed by atoms with van der Waals surface area (Å²) in [5.41, 5.74) is 0.426. The van der Waals surface area contributed by atoms with Gasteiger partial charge in [-0.25, -0.2) is 9.37 Å². The maximum Gasteiger partial charge on any atom is 0.275 e. The first-order valence-electron chi connectivity index (χ1n) is 5.87. The highest BCUT2D eigenvalue weighted by Crippen LogP contribution is 2.24. The number of nitrogens with zero attached hydrogens (tertiary/aromatic N) is 3. The average molecular weight is 307 g/mol. The Morgan fingerprint density at radius 1 is 1.40 bits per heavy atom. The maximum absolute atomic E-state index is 13.5. The van der Waals surface area contributed by atoms with E-state index in [0.717, 1.165) is 5.01 Å². The van der Waals surface area contributed by atoms with E-state index in [1.807, 2.05) is 6.92 Å². The molecule has 0 saturated carbocycles. The van der Waals surface area contributed by atoms with E-state index in [4.69, 9.17) is 0 Å². The second-order valence-corrected chi connectivity index (χ2v) is 6.30. The zero-order valence-electron chi connectivity index (χ0n) is 10.5. The van der Waals surface area contributed by atoms with E-state index in [-0.39, 0.29) is 11.4 Å². The van der Waals surface area contributed by atoms with Gasteiger partial charge in [0.25, 0.3) is 5.56 Å². The molecule has 0 radical (unpaired) electrons. The second kappa shape index (κ2) is 5.34. The van der Waals surface area contributed by atoms with Crippen LogP contribution in [0.4, 0.5) is 4.39 Å². The molecule has 4 nitrogen and oxygen atoms in total. The van der Waals surface area contributed by atoms with Crippen molar-refractivity contribution in [2.45, 2.75) is 17.6 Å². The Balaban J connectivity index is 1.88. The molecule has 3 rings (SSSR count). The Hall–Kier alpha value is -1.73. The molecule has 0 spiro atoms. The van der Waals surface area contributed by atoms with Gasteiger partial charge in [0.15, 0.2) is 0 Å². The summed E-state index contributed by atoms with van der Waals surface area (Å²) in [4.78, 5) is 17.4. The van der Waals surface area contributed by atoms with Crippen LogP contribution in [-0.2, 0) is 5.75 Å². The Kier molecular flexibility index (Phi) is 3.54. The number of fused-ring (bicyclic) bond motifs is 1. The number of hydrogen-bond donors (Lipinski definition) is 0. The van der Waals surface area contributed by atoms with Crippen molar-refractivity contribution in [3.8, 4) is 0 Å². The van der Waals surface area contributed by atoms with Crippen LogP contribution in [0.1, 0.15) is 10.7 Å². The summed E-state index contributed by atoms with van der Waals surface area (Å²) in [6.45, 7) is 1.83. The fourth-order valence-corrected chi connectivity index (χ4v) is 3.34. The van der Waals surface area contributed by atoms with Crippen LogP contribution < -0.4 is 5.56 Å². The van der Waals surface area contributed by atoms with Crippen LogP contribution in [0.2, 0.25) is 0 Å². The molecule has 0 fully saturated rings. The number of rotatable bonds is 3. The van der Waals surface area contributed by atoms with Gasteiger partial charge in [-0.1, -0.05) is 23.5 Å². The van der Waals surface area contributed by atoms with Crippen molar-refractivity contribution in [3.63, 3.8) is 0 Å². The summed E-state index contributed by atoms with van der Waals surface area (Å²) in [5.74, 6) is 0.188. The summed E-state index contributed by atoms with van der Waals surface area (Å²) in [6.07, 6.45) is 0. The van der Waals surface area contributed by atoms with Gasteiger partial charge in [0.1, 0.15) is 10.8 Å². The van der Waals surface area contributed by atoms with Crippen LogP contribution in [0.15, 0.2) is 40.0 Å². The highest BCUT2D eigenvalue weighted by molar-refractivity contribution is 7.98. The number of hydrogen-bond acceptors (Lipinski definition) is 5. The van der Waals surface area contributed by atoms with Gasteiger partial charge in [-0.2, -0.15) is 9.61 Å². The van der Waals surface area contributed by atoms with E-state index >= 15 is 0 Å². The summed E-state index contributed by atoms with van der Waals surface area (Å²) in [7, 11) is 0. The van der Waals surface area contributed by atoms with Crippen molar-refractivity contribution in [2.24, 2.45) is 0 Å². The SMILES string of the molecule is Cc1nn2c(=O)cc(CSc3ccccc3F)nc2s1. The van der Waals surface area contributed by atoms with Gasteiger partial charge in [-0.15, -0.1) is 11.8 Å². The minimum absolute atomic E-state index is 0.205. The fraction of sp³-hybridized carbons (Fsp3) is 0.154. The molecule has 0 saturated heterocycles. The Bertz CT molecular complexity index is 828. The van der Waals surface area contributed by atoms with Crippen LogP contribution in [0, 0.1) is 12.7 Å². The molecule has 0 unspecified atom stereocenters. The molecule has 0 N–H and O–H groups in total. The smallest absolute Gasteiger partial charge is 0.267 e. The lowest BCUT2D eigenvalue weighted by molar-refractivity contribution is 0.602. The lowest BCUT2D eigenvalue weighted by Crippen LogP contribution is -2.15. The zero-order valence-corrected chi connectivity index (χ0v) is 12.2. The number of aromatic nitrogens is 3. The van der Waals surface area contributed by atoms with E-state index in [9.17, 15) is 9.18 Å². The Labute approximate surface area is 122 Å². The van der Waals surface area contributed by atoms with Crippen molar-refractivity contribution >= 4 is 28.1 Å². The third kappa shape index (κ3) is 2.59. The van der Waals surface area contributed by atoms with Crippen molar-refractivity contribution in [2.75, 3.05) is 0 Å². The highest BCUT2D eigenvalue weighted by atomic mass is 32.2. The van der Waals surface area contributed by atoms with Crippen molar-refractivity contribution in [1.29, 1.82) is 0 Å². The van der Waals surface area contributed by atoms with Crippen LogP contribution in [-0.4, -0.2) is 14.6 Å². The Morgan fingerprint density at radius 3 is 3.00 bits per heavy atom. The van der Waals surface area contributed by atoms with Gasteiger partial charge < -0.3 is 0 Å². The third-order valence-corrected chi connectivity index (χ3v) is 4.52. The molecular weight excluding hydrogens is 297 g/mol. The van der Waals surface area contributed by atoms with E-state index in [1.165, 1.54) is 39.7 Å². The van der Waals surface area contributed by atoms with Gasteiger partial charge in [-0.05, 0) is 19.1 Å². The fourth-order valence-electron chi connectivity index (χ4n) is 1.74. The lowest BCUT2D eigenvalue weighted by Gasteiger charge is -2.02. The predicted octanol–water partition coefficient (Wildman–Crippen LogP) is 2.89. The van der Waals surface area contributed by atoms with Gasteiger partial charge >= 0.3 is 0 Å². The molecule has 102 valence electrons. The standard InChI is InChI=1S/C13H10FN3OS2/c1-8-16-17-12(18)6-9(15-13(17)20-8)7-19-11-5-3-2-4-10(11)14/h2-6H,7H2,1H3. The molecule has 0 atom stereocenters.